The second-order valence-electron chi connectivity index (χ2n) is 3.01. The zero-order valence-corrected chi connectivity index (χ0v) is 7.08. The fourth-order valence-corrected chi connectivity index (χ4v) is 1.32. The summed E-state index contributed by atoms with van der Waals surface area (Å²) in [6.07, 6.45) is 4.25. The van der Waals surface area contributed by atoms with Crippen LogP contribution in [0.2, 0.25) is 0 Å². The smallest absolute Gasteiger partial charge is 0.194 e. The number of hydrogen-bond donors (Lipinski definition) is 0. The van der Waals surface area contributed by atoms with Gasteiger partial charge in [0.05, 0.1) is 25.7 Å². The average molecular weight is 168 g/mol. The largest absolute Gasteiger partial charge is 0.472 e. The molecular formula is C9H12O3. The molecule has 1 aromatic rings. The average Bonchev–Trinajstić information content (AvgIpc) is 2.58. The van der Waals surface area contributed by atoms with E-state index in [1.165, 1.54) is 0 Å². The van der Waals surface area contributed by atoms with Gasteiger partial charge < -0.3 is 13.9 Å². The van der Waals surface area contributed by atoms with Gasteiger partial charge in [-0.2, -0.15) is 0 Å². The quantitative estimate of drug-likeness (QED) is 0.641. The lowest BCUT2D eigenvalue weighted by Gasteiger charge is -2.32. The van der Waals surface area contributed by atoms with Crippen LogP contribution in [-0.4, -0.2) is 13.2 Å². The molecule has 0 bridgehead atoms. The summed E-state index contributed by atoms with van der Waals surface area (Å²) in [5.74, 6) is -0.592. The summed E-state index contributed by atoms with van der Waals surface area (Å²) < 4.78 is 16.0. The van der Waals surface area contributed by atoms with Gasteiger partial charge in [-0.1, -0.05) is 0 Å². The van der Waals surface area contributed by atoms with Crippen LogP contribution in [0, 0.1) is 0 Å². The van der Waals surface area contributed by atoms with E-state index in [1.807, 2.05) is 13.0 Å². The number of hydrogen-bond acceptors (Lipinski definition) is 3. The molecule has 0 amide bonds. The fraction of sp³-hybridized carbons (Fsp3) is 0.556. The maximum atomic E-state index is 5.53. The summed E-state index contributed by atoms with van der Waals surface area (Å²) in [6, 6.07) is 1.87. The normalized spacial score (nSPS) is 22.4. The van der Waals surface area contributed by atoms with Crippen LogP contribution in [-0.2, 0) is 15.3 Å². The molecule has 1 aliphatic heterocycles. The van der Waals surface area contributed by atoms with Crippen LogP contribution in [0.5, 0.6) is 0 Å². The van der Waals surface area contributed by atoms with Crippen molar-refractivity contribution in [2.24, 2.45) is 0 Å². The van der Waals surface area contributed by atoms with Crippen LogP contribution in [0.25, 0.3) is 0 Å². The van der Waals surface area contributed by atoms with Gasteiger partial charge in [0.2, 0.25) is 0 Å². The molecule has 12 heavy (non-hydrogen) atoms. The predicted octanol–water partition coefficient (Wildman–Crippen LogP) is 1.89. The van der Waals surface area contributed by atoms with E-state index in [-0.39, 0.29) is 0 Å². The lowest BCUT2D eigenvalue weighted by atomic mass is 10.1. The molecule has 0 aliphatic carbocycles. The minimum atomic E-state index is -0.592. The Balaban J connectivity index is 2.19. The van der Waals surface area contributed by atoms with E-state index in [1.54, 1.807) is 12.5 Å². The summed E-state index contributed by atoms with van der Waals surface area (Å²) in [6.45, 7) is 3.42. The van der Waals surface area contributed by atoms with Crippen molar-refractivity contribution >= 4 is 0 Å². The van der Waals surface area contributed by atoms with Crippen molar-refractivity contribution in [1.29, 1.82) is 0 Å². The lowest BCUT2D eigenvalue weighted by Crippen LogP contribution is -2.34. The van der Waals surface area contributed by atoms with Gasteiger partial charge in [-0.15, -0.1) is 0 Å². The molecule has 1 aliphatic rings. The fourth-order valence-electron chi connectivity index (χ4n) is 1.32. The second kappa shape index (κ2) is 2.92. The molecule has 0 radical (unpaired) electrons. The highest BCUT2D eigenvalue weighted by atomic mass is 16.7. The Labute approximate surface area is 71.3 Å². The topological polar surface area (TPSA) is 31.6 Å². The predicted molar refractivity (Wildman–Crippen MR) is 42.6 cm³/mol. The third-order valence-electron chi connectivity index (χ3n) is 2.09. The Morgan fingerprint density at radius 2 is 2.08 bits per heavy atom. The standard InChI is InChI=1S/C9H12O3/c1-9(8-3-6-10-7-8)11-4-2-5-12-9/h3,6-7H,2,4-5H2,1H3. The third-order valence-corrected chi connectivity index (χ3v) is 2.09. The molecule has 66 valence electrons. The van der Waals surface area contributed by atoms with E-state index >= 15 is 0 Å². The van der Waals surface area contributed by atoms with E-state index in [0.717, 1.165) is 25.2 Å². The Bertz CT molecular complexity index is 234. The van der Waals surface area contributed by atoms with Crippen LogP contribution < -0.4 is 0 Å². The molecule has 0 spiro atoms. The van der Waals surface area contributed by atoms with Gasteiger partial charge in [0.1, 0.15) is 0 Å². The second-order valence-corrected chi connectivity index (χ2v) is 3.01. The molecule has 1 fully saturated rings. The first-order valence-electron chi connectivity index (χ1n) is 4.12. The van der Waals surface area contributed by atoms with E-state index in [9.17, 15) is 0 Å². The van der Waals surface area contributed by atoms with Crippen molar-refractivity contribution in [3.05, 3.63) is 24.2 Å². The van der Waals surface area contributed by atoms with E-state index in [4.69, 9.17) is 13.9 Å². The first kappa shape index (κ1) is 7.83. The van der Waals surface area contributed by atoms with Gasteiger partial charge in [-0.05, 0) is 19.4 Å². The first-order chi connectivity index (χ1) is 5.81. The van der Waals surface area contributed by atoms with Crippen LogP contribution in [0.4, 0.5) is 0 Å². The lowest BCUT2D eigenvalue weighted by molar-refractivity contribution is -0.265. The van der Waals surface area contributed by atoms with Gasteiger partial charge in [-0.3, -0.25) is 0 Å². The molecule has 2 rings (SSSR count). The van der Waals surface area contributed by atoms with Crippen molar-refractivity contribution in [2.75, 3.05) is 13.2 Å². The molecule has 0 aromatic carbocycles. The highest BCUT2D eigenvalue weighted by Gasteiger charge is 2.31. The summed E-state index contributed by atoms with van der Waals surface area (Å²) in [4.78, 5) is 0. The first-order valence-corrected chi connectivity index (χ1v) is 4.12. The molecule has 1 saturated heterocycles. The minimum Gasteiger partial charge on any atom is -0.472 e. The Kier molecular flexibility index (Phi) is 1.90. The number of ether oxygens (including phenoxy) is 2. The van der Waals surface area contributed by atoms with Crippen molar-refractivity contribution in [3.8, 4) is 0 Å². The third kappa shape index (κ3) is 1.26. The molecule has 0 unspecified atom stereocenters. The SMILES string of the molecule is CC1(c2ccoc2)OCCCO1. The summed E-state index contributed by atoms with van der Waals surface area (Å²) in [5.41, 5.74) is 0.946. The van der Waals surface area contributed by atoms with Crippen LogP contribution >= 0.6 is 0 Å². The molecule has 3 nitrogen and oxygen atoms in total. The van der Waals surface area contributed by atoms with E-state index < -0.39 is 5.79 Å². The van der Waals surface area contributed by atoms with Gasteiger partial charge in [0.25, 0.3) is 0 Å². The van der Waals surface area contributed by atoms with Crippen molar-refractivity contribution in [3.63, 3.8) is 0 Å². The Morgan fingerprint density at radius 3 is 2.67 bits per heavy atom. The van der Waals surface area contributed by atoms with Crippen molar-refractivity contribution in [2.45, 2.75) is 19.1 Å². The highest BCUT2D eigenvalue weighted by molar-refractivity contribution is 5.12. The van der Waals surface area contributed by atoms with Gasteiger partial charge in [0.15, 0.2) is 5.79 Å². The molecule has 0 atom stereocenters. The zero-order valence-electron chi connectivity index (χ0n) is 7.08. The highest BCUT2D eigenvalue weighted by Crippen LogP contribution is 2.29. The molecule has 3 heteroatoms. The van der Waals surface area contributed by atoms with E-state index in [0.29, 0.717) is 0 Å². The maximum absolute atomic E-state index is 5.53. The molecular weight excluding hydrogens is 156 g/mol. The van der Waals surface area contributed by atoms with Gasteiger partial charge >= 0.3 is 0 Å². The van der Waals surface area contributed by atoms with Crippen LogP contribution in [0.15, 0.2) is 23.0 Å². The Morgan fingerprint density at radius 1 is 1.33 bits per heavy atom. The number of rotatable bonds is 1. The van der Waals surface area contributed by atoms with Crippen molar-refractivity contribution < 1.29 is 13.9 Å². The summed E-state index contributed by atoms with van der Waals surface area (Å²) in [7, 11) is 0. The summed E-state index contributed by atoms with van der Waals surface area (Å²) in [5, 5.41) is 0. The molecule has 0 N–H and O–H groups in total. The maximum Gasteiger partial charge on any atom is 0.194 e. The van der Waals surface area contributed by atoms with Gasteiger partial charge in [0, 0.05) is 5.56 Å². The molecule has 1 aromatic heterocycles. The van der Waals surface area contributed by atoms with Crippen LogP contribution in [0.3, 0.4) is 0 Å². The van der Waals surface area contributed by atoms with Gasteiger partial charge in [-0.25, -0.2) is 0 Å². The number of furan rings is 1. The zero-order chi connectivity index (χ0) is 8.44. The molecule has 2 heterocycles. The Hall–Kier alpha value is -0.800. The molecule has 0 saturated carbocycles. The minimum absolute atomic E-state index is 0.592. The van der Waals surface area contributed by atoms with Crippen LogP contribution in [0.1, 0.15) is 18.9 Å². The van der Waals surface area contributed by atoms with Crippen molar-refractivity contribution in [1.82, 2.24) is 0 Å². The summed E-state index contributed by atoms with van der Waals surface area (Å²) >= 11 is 0. The monoisotopic (exact) mass is 168 g/mol. The van der Waals surface area contributed by atoms with E-state index in [2.05, 4.69) is 0 Å².